The zero-order chi connectivity index (χ0) is 25.9. The lowest BCUT2D eigenvalue weighted by Gasteiger charge is -2.13. The number of hydrazine groups is 1. The summed E-state index contributed by atoms with van der Waals surface area (Å²) in [5.41, 5.74) is 7.61. The van der Waals surface area contributed by atoms with Gasteiger partial charge in [0.25, 0.3) is 11.8 Å². The second-order valence-electron chi connectivity index (χ2n) is 8.20. The van der Waals surface area contributed by atoms with Crippen LogP contribution in [0.3, 0.4) is 0 Å². The molecule has 188 valence electrons. The van der Waals surface area contributed by atoms with Crippen molar-refractivity contribution in [1.82, 2.24) is 16.2 Å². The first-order valence-corrected chi connectivity index (χ1v) is 12.6. The molecule has 36 heavy (non-hydrogen) atoms. The zero-order valence-electron chi connectivity index (χ0n) is 20.0. The van der Waals surface area contributed by atoms with Crippen molar-refractivity contribution >= 4 is 45.1 Å². The third kappa shape index (κ3) is 8.66. The summed E-state index contributed by atoms with van der Waals surface area (Å²) in [5.74, 6) is 0.626. The van der Waals surface area contributed by atoms with E-state index in [9.17, 15) is 9.59 Å². The van der Waals surface area contributed by atoms with Gasteiger partial charge >= 0.3 is 0 Å². The molecule has 3 aromatic rings. The largest absolute Gasteiger partial charge is 0.493 e. The highest BCUT2D eigenvalue weighted by Gasteiger charge is 2.11. The van der Waals surface area contributed by atoms with Gasteiger partial charge in [-0.05, 0) is 75.5 Å². The van der Waals surface area contributed by atoms with Crippen LogP contribution in [-0.4, -0.2) is 30.1 Å². The monoisotopic (exact) mass is 569 g/mol. The third-order valence-corrected chi connectivity index (χ3v) is 5.95. The molecule has 3 N–H and O–H groups in total. The summed E-state index contributed by atoms with van der Waals surface area (Å²) in [6.07, 6.45) is 0.759. The first-order chi connectivity index (χ1) is 17.3. The van der Waals surface area contributed by atoms with Crippen LogP contribution < -0.4 is 25.6 Å². The zero-order valence-corrected chi connectivity index (χ0v) is 22.4. The molecule has 0 bridgehead atoms. The van der Waals surface area contributed by atoms with Gasteiger partial charge in [-0.15, -0.1) is 0 Å². The molecule has 0 saturated carbocycles. The van der Waals surface area contributed by atoms with Crippen molar-refractivity contribution in [3.63, 3.8) is 0 Å². The standard InChI is InChI=1S/C27H28BrN3O4S/c1-18(2)20-11-12-24(23(28)16-20)35-17-25(32)30-31-27(36)29-26(33)21-9-6-10-22(15-21)34-14-13-19-7-4-3-5-8-19/h3-12,15-16,18H,13-14,17H2,1-2H3,(H,30,32)(H2,29,31,33,36). The van der Waals surface area contributed by atoms with Gasteiger partial charge in [0.2, 0.25) is 0 Å². The molecular weight excluding hydrogens is 542 g/mol. The number of hydrogen-bond acceptors (Lipinski definition) is 5. The second kappa shape index (κ2) is 13.6. The van der Waals surface area contributed by atoms with E-state index >= 15 is 0 Å². The van der Waals surface area contributed by atoms with E-state index in [0.29, 0.717) is 29.6 Å². The van der Waals surface area contributed by atoms with Gasteiger partial charge in [0.15, 0.2) is 11.7 Å². The van der Waals surface area contributed by atoms with Gasteiger partial charge in [-0.1, -0.05) is 56.3 Å². The molecule has 2 amide bonds. The Morgan fingerprint density at radius 1 is 0.944 bits per heavy atom. The number of hydrogen-bond donors (Lipinski definition) is 3. The number of rotatable bonds is 9. The molecule has 0 aliphatic rings. The van der Waals surface area contributed by atoms with E-state index in [1.54, 1.807) is 24.3 Å². The van der Waals surface area contributed by atoms with Crippen LogP contribution in [-0.2, 0) is 11.2 Å². The molecule has 0 unspecified atom stereocenters. The smallest absolute Gasteiger partial charge is 0.276 e. The minimum Gasteiger partial charge on any atom is -0.493 e. The lowest BCUT2D eigenvalue weighted by molar-refractivity contribution is -0.123. The van der Waals surface area contributed by atoms with E-state index in [-0.39, 0.29) is 11.7 Å². The fourth-order valence-electron chi connectivity index (χ4n) is 3.16. The van der Waals surface area contributed by atoms with E-state index in [2.05, 4.69) is 45.9 Å². The fourth-order valence-corrected chi connectivity index (χ4v) is 3.82. The van der Waals surface area contributed by atoms with E-state index in [4.69, 9.17) is 21.7 Å². The fraction of sp³-hybridized carbons (Fsp3) is 0.222. The van der Waals surface area contributed by atoms with Gasteiger partial charge in [-0.25, -0.2) is 0 Å². The summed E-state index contributed by atoms with van der Waals surface area (Å²) < 4.78 is 12.1. The minimum atomic E-state index is -0.458. The number of ether oxygens (including phenoxy) is 2. The van der Waals surface area contributed by atoms with Crippen molar-refractivity contribution in [3.8, 4) is 11.5 Å². The normalized spacial score (nSPS) is 10.4. The Balaban J connectivity index is 1.40. The molecule has 3 rings (SSSR count). The third-order valence-electron chi connectivity index (χ3n) is 5.12. The average Bonchev–Trinajstić information content (AvgIpc) is 2.87. The Morgan fingerprint density at radius 2 is 1.72 bits per heavy atom. The van der Waals surface area contributed by atoms with Gasteiger partial charge in [0.1, 0.15) is 11.5 Å². The van der Waals surface area contributed by atoms with Crippen LogP contribution in [0.4, 0.5) is 0 Å². The topological polar surface area (TPSA) is 88.7 Å². The summed E-state index contributed by atoms with van der Waals surface area (Å²) in [7, 11) is 0. The number of carbonyl (C=O) groups excluding carboxylic acids is 2. The highest BCUT2D eigenvalue weighted by atomic mass is 79.9. The highest BCUT2D eigenvalue weighted by molar-refractivity contribution is 9.10. The number of carbonyl (C=O) groups is 2. The number of thiocarbonyl (C=S) groups is 1. The number of benzene rings is 3. The van der Waals surface area contributed by atoms with Gasteiger partial charge in [0.05, 0.1) is 11.1 Å². The SMILES string of the molecule is CC(C)c1ccc(OCC(=O)NNC(=S)NC(=O)c2cccc(OCCc3ccccc3)c2)c(Br)c1. The van der Waals surface area contributed by atoms with Crippen molar-refractivity contribution in [2.45, 2.75) is 26.2 Å². The van der Waals surface area contributed by atoms with Crippen LogP contribution in [0.15, 0.2) is 77.3 Å². The van der Waals surface area contributed by atoms with Crippen molar-refractivity contribution in [2.24, 2.45) is 0 Å². The van der Waals surface area contributed by atoms with Crippen LogP contribution in [0, 0.1) is 0 Å². The van der Waals surface area contributed by atoms with E-state index in [1.165, 1.54) is 5.56 Å². The first-order valence-electron chi connectivity index (χ1n) is 11.4. The summed E-state index contributed by atoms with van der Waals surface area (Å²) in [5, 5.41) is 2.47. The molecule has 0 saturated heterocycles. The average molecular weight is 571 g/mol. The van der Waals surface area contributed by atoms with Crippen molar-refractivity contribution in [1.29, 1.82) is 0 Å². The molecule has 0 fully saturated rings. The minimum absolute atomic E-state index is 0.0498. The Hall–Kier alpha value is -3.43. The van der Waals surface area contributed by atoms with Crippen molar-refractivity contribution in [2.75, 3.05) is 13.2 Å². The van der Waals surface area contributed by atoms with E-state index < -0.39 is 11.8 Å². The van der Waals surface area contributed by atoms with Crippen molar-refractivity contribution < 1.29 is 19.1 Å². The van der Waals surface area contributed by atoms with Crippen LogP contribution in [0.2, 0.25) is 0 Å². The molecule has 0 aromatic heterocycles. The van der Waals surface area contributed by atoms with Crippen molar-refractivity contribution in [3.05, 3.63) is 94.0 Å². The Bertz CT molecular complexity index is 1200. The Labute approximate surface area is 224 Å². The number of nitrogens with one attached hydrogen (secondary N) is 3. The summed E-state index contributed by atoms with van der Waals surface area (Å²) in [6.45, 7) is 4.45. The quantitative estimate of drug-likeness (QED) is 0.251. The van der Waals surface area contributed by atoms with Crippen LogP contribution >= 0.6 is 28.1 Å². The molecular formula is C27H28BrN3O4S. The molecule has 0 atom stereocenters. The summed E-state index contributed by atoms with van der Waals surface area (Å²) >= 11 is 8.56. The number of amides is 2. The van der Waals surface area contributed by atoms with Gasteiger partial charge < -0.3 is 9.47 Å². The maximum Gasteiger partial charge on any atom is 0.276 e. The molecule has 0 aliphatic heterocycles. The second-order valence-corrected chi connectivity index (χ2v) is 9.46. The number of halogens is 1. The molecule has 0 aliphatic carbocycles. The van der Waals surface area contributed by atoms with Crippen LogP contribution in [0.1, 0.15) is 41.3 Å². The summed E-state index contributed by atoms with van der Waals surface area (Å²) in [6, 6.07) is 22.5. The first kappa shape index (κ1) is 27.2. The van der Waals surface area contributed by atoms with E-state index in [0.717, 1.165) is 16.5 Å². The summed E-state index contributed by atoms with van der Waals surface area (Å²) in [4.78, 5) is 24.6. The molecule has 0 spiro atoms. The maximum atomic E-state index is 12.5. The van der Waals surface area contributed by atoms with E-state index in [1.807, 2.05) is 48.5 Å². The predicted octanol–water partition coefficient (Wildman–Crippen LogP) is 4.91. The van der Waals surface area contributed by atoms with Gasteiger partial charge in [-0.2, -0.15) is 0 Å². The van der Waals surface area contributed by atoms with Crippen LogP contribution in [0.25, 0.3) is 0 Å². The lowest BCUT2D eigenvalue weighted by Crippen LogP contribution is -2.49. The molecule has 3 aromatic carbocycles. The van der Waals surface area contributed by atoms with Crippen LogP contribution in [0.5, 0.6) is 11.5 Å². The van der Waals surface area contributed by atoms with Gasteiger partial charge in [0, 0.05) is 12.0 Å². The van der Waals surface area contributed by atoms with Gasteiger partial charge in [-0.3, -0.25) is 25.8 Å². The molecule has 0 heterocycles. The molecule has 0 radical (unpaired) electrons. The predicted molar refractivity (Wildman–Crippen MR) is 147 cm³/mol. The Kier molecular flexibility index (Phi) is 10.3. The lowest BCUT2D eigenvalue weighted by atomic mass is 10.0. The molecule has 9 heteroatoms. The molecule has 7 nitrogen and oxygen atoms in total. The Morgan fingerprint density at radius 3 is 2.44 bits per heavy atom. The maximum absolute atomic E-state index is 12.5. The highest BCUT2D eigenvalue weighted by Crippen LogP contribution is 2.28.